The number of hydrogen-bond acceptors (Lipinski definition) is 5. The monoisotopic (exact) mass is 296 g/mol. The van der Waals surface area contributed by atoms with Crippen molar-refractivity contribution in [2.75, 3.05) is 5.32 Å². The van der Waals surface area contributed by atoms with Crippen molar-refractivity contribution < 1.29 is 9.21 Å². The minimum absolute atomic E-state index is 0.118. The van der Waals surface area contributed by atoms with Crippen molar-refractivity contribution >= 4 is 11.6 Å². The minimum atomic E-state index is -0.328. The number of nitrogens with zero attached hydrogens (tertiary/aromatic N) is 3. The number of aromatic nitrogens is 3. The third kappa shape index (κ3) is 3.09. The van der Waals surface area contributed by atoms with E-state index in [0.717, 1.165) is 0 Å². The quantitative estimate of drug-likeness (QED) is 0.788. The number of nitrogens with one attached hydrogen (secondary N) is 1. The van der Waals surface area contributed by atoms with E-state index in [9.17, 15) is 9.59 Å². The predicted octanol–water partition coefficient (Wildman–Crippen LogP) is 1.54. The Morgan fingerprint density at radius 1 is 1.27 bits per heavy atom. The van der Waals surface area contributed by atoms with Crippen LogP contribution in [0.25, 0.3) is 11.5 Å². The van der Waals surface area contributed by atoms with E-state index in [0.29, 0.717) is 17.1 Å². The van der Waals surface area contributed by atoms with Crippen molar-refractivity contribution in [1.82, 2.24) is 14.5 Å². The van der Waals surface area contributed by atoms with E-state index < -0.39 is 0 Å². The van der Waals surface area contributed by atoms with Crippen LogP contribution in [-0.2, 0) is 11.3 Å². The Morgan fingerprint density at radius 3 is 2.77 bits per heavy atom. The van der Waals surface area contributed by atoms with Crippen LogP contribution in [0.2, 0.25) is 0 Å². The molecular weight excluding hydrogens is 284 g/mol. The van der Waals surface area contributed by atoms with Crippen LogP contribution in [0.3, 0.4) is 0 Å². The summed E-state index contributed by atoms with van der Waals surface area (Å²) in [5.74, 6) is 0.186. The number of furan rings is 1. The average Bonchev–Trinajstić information content (AvgIpc) is 3.04. The van der Waals surface area contributed by atoms with Crippen LogP contribution in [0.15, 0.2) is 64.5 Å². The molecule has 0 aliphatic heterocycles. The molecule has 0 bridgehead atoms. The van der Waals surface area contributed by atoms with Gasteiger partial charge in [-0.25, -0.2) is 4.98 Å². The summed E-state index contributed by atoms with van der Waals surface area (Å²) in [6, 6.07) is 8.09. The molecule has 0 atom stereocenters. The van der Waals surface area contributed by atoms with Gasteiger partial charge in [-0.05, 0) is 24.3 Å². The van der Waals surface area contributed by atoms with Crippen LogP contribution in [0.5, 0.6) is 0 Å². The first-order valence-corrected chi connectivity index (χ1v) is 6.52. The summed E-state index contributed by atoms with van der Waals surface area (Å²) in [6.45, 7) is -0.118. The van der Waals surface area contributed by atoms with Gasteiger partial charge in [-0.2, -0.15) is 0 Å². The normalized spacial score (nSPS) is 10.4. The summed E-state index contributed by atoms with van der Waals surface area (Å²) in [4.78, 5) is 31.9. The second-order valence-corrected chi connectivity index (χ2v) is 4.50. The highest BCUT2D eigenvalue weighted by molar-refractivity contribution is 5.90. The summed E-state index contributed by atoms with van der Waals surface area (Å²) >= 11 is 0. The lowest BCUT2D eigenvalue weighted by Crippen LogP contribution is -2.27. The average molecular weight is 296 g/mol. The summed E-state index contributed by atoms with van der Waals surface area (Å²) in [5.41, 5.74) is 0.722. The molecule has 3 heterocycles. The van der Waals surface area contributed by atoms with Crippen LogP contribution >= 0.6 is 0 Å². The third-order valence-electron chi connectivity index (χ3n) is 2.93. The van der Waals surface area contributed by atoms with Crippen molar-refractivity contribution in [3.63, 3.8) is 0 Å². The number of anilines is 1. The molecule has 0 radical (unpaired) electrons. The fraction of sp³-hybridized carbons (Fsp3) is 0.0667. The van der Waals surface area contributed by atoms with Crippen molar-refractivity contribution in [2.45, 2.75) is 6.54 Å². The Bertz CT molecular complexity index is 826. The SMILES string of the molecule is O=C(Cn1cnc(-c2ccco2)cc1=O)Nc1ccncc1. The third-order valence-corrected chi connectivity index (χ3v) is 2.93. The van der Waals surface area contributed by atoms with Crippen LogP contribution in [0, 0.1) is 0 Å². The van der Waals surface area contributed by atoms with Crippen molar-refractivity contribution in [3.05, 3.63) is 65.7 Å². The molecule has 0 fully saturated rings. The smallest absolute Gasteiger partial charge is 0.254 e. The molecule has 22 heavy (non-hydrogen) atoms. The highest BCUT2D eigenvalue weighted by atomic mass is 16.3. The van der Waals surface area contributed by atoms with Gasteiger partial charge in [-0.15, -0.1) is 0 Å². The molecule has 3 rings (SSSR count). The van der Waals surface area contributed by atoms with E-state index in [1.807, 2.05) is 0 Å². The lowest BCUT2D eigenvalue weighted by atomic mass is 10.3. The van der Waals surface area contributed by atoms with Crippen LogP contribution in [-0.4, -0.2) is 20.4 Å². The molecule has 1 amide bonds. The van der Waals surface area contributed by atoms with Gasteiger partial charge in [0.15, 0.2) is 5.76 Å². The molecule has 7 nitrogen and oxygen atoms in total. The van der Waals surface area contributed by atoms with E-state index in [1.165, 1.54) is 23.2 Å². The molecule has 0 spiro atoms. The Kier molecular flexibility index (Phi) is 3.78. The summed E-state index contributed by atoms with van der Waals surface area (Å²) < 4.78 is 6.40. The maximum atomic E-state index is 12.0. The zero-order valence-electron chi connectivity index (χ0n) is 11.5. The van der Waals surface area contributed by atoms with Crippen LogP contribution in [0.4, 0.5) is 5.69 Å². The largest absolute Gasteiger partial charge is 0.463 e. The van der Waals surface area contributed by atoms with Gasteiger partial charge >= 0.3 is 0 Å². The van der Waals surface area contributed by atoms with Gasteiger partial charge in [0.05, 0.1) is 12.6 Å². The molecule has 0 unspecified atom stereocenters. The highest BCUT2D eigenvalue weighted by Crippen LogP contribution is 2.14. The topological polar surface area (TPSA) is 90.0 Å². The van der Waals surface area contributed by atoms with Gasteiger partial charge in [-0.3, -0.25) is 19.1 Å². The number of hydrogen-bond donors (Lipinski definition) is 1. The van der Waals surface area contributed by atoms with Crippen molar-refractivity contribution in [1.29, 1.82) is 0 Å². The van der Waals surface area contributed by atoms with E-state index in [2.05, 4.69) is 15.3 Å². The molecule has 0 aliphatic rings. The fourth-order valence-electron chi connectivity index (χ4n) is 1.89. The number of carbonyl (C=O) groups is 1. The Labute approximate surface area is 125 Å². The number of pyridine rings is 1. The van der Waals surface area contributed by atoms with E-state index in [4.69, 9.17) is 4.42 Å². The zero-order valence-corrected chi connectivity index (χ0v) is 11.5. The number of carbonyl (C=O) groups excluding carboxylic acids is 1. The molecule has 7 heteroatoms. The maximum Gasteiger partial charge on any atom is 0.254 e. The van der Waals surface area contributed by atoms with Crippen LogP contribution in [0.1, 0.15) is 0 Å². The van der Waals surface area contributed by atoms with Crippen molar-refractivity contribution in [3.8, 4) is 11.5 Å². The van der Waals surface area contributed by atoms with Crippen molar-refractivity contribution in [2.24, 2.45) is 0 Å². The lowest BCUT2D eigenvalue weighted by Gasteiger charge is -2.07. The number of amides is 1. The van der Waals surface area contributed by atoms with E-state index in [-0.39, 0.29) is 18.0 Å². The second kappa shape index (κ2) is 6.04. The first-order chi connectivity index (χ1) is 10.7. The van der Waals surface area contributed by atoms with E-state index in [1.54, 1.807) is 36.7 Å². The Hall–Kier alpha value is -3.22. The van der Waals surface area contributed by atoms with Gasteiger partial charge in [0.25, 0.3) is 5.56 Å². The Morgan fingerprint density at radius 2 is 2.09 bits per heavy atom. The number of rotatable bonds is 4. The standard InChI is InChI=1S/C15H12N4O3/c20-14(18-11-3-5-16-6-4-11)9-19-10-17-12(8-15(19)21)13-2-1-7-22-13/h1-8,10H,9H2,(H,16,18,20). The summed E-state index contributed by atoms with van der Waals surface area (Å²) in [5, 5.41) is 2.67. The lowest BCUT2D eigenvalue weighted by molar-refractivity contribution is -0.116. The van der Waals surface area contributed by atoms with Gasteiger partial charge in [-0.1, -0.05) is 0 Å². The Balaban J connectivity index is 1.73. The van der Waals surface area contributed by atoms with Gasteiger partial charge in [0.1, 0.15) is 12.2 Å². The maximum absolute atomic E-state index is 12.0. The predicted molar refractivity (Wildman–Crippen MR) is 79.1 cm³/mol. The molecule has 110 valence electrons. The molecule has 0 aliphatic carbocycles. The second-order valence-electron chi connectivity index (χ2n) is 4.50. The summed E-state index contributed by atoms with van der Waals surface area (Å²) in [7, 11) is 0. The molecular formula is C15H12N4O3. The fourth-order valence-corrected chi connectivity index (χ4v) is 1.89. The molecule has 0 aromatic carbocycles. The molecule has 3 aromatic heterocycles. The highest BCUT2D eigenvalue weighted by Gasteiger charge is 2.08. The first-order valence-electron chi connectivity index (χ1n) is 6.52. The first kappa shape index (κ1) is 13.7. The van der Waals surface area contributed by atoms with Gasteiger partial charge < -0.3 is 9.73 Å². The zero-order chi connectivity index (χ0) is 15.4. The summed E-state index contributed by atoms with van der Waals surface area (Å²) in [6.07, 6.45) is 5.97. The van der Waals surface area contributed by atoms with Gasteiger partial charge in [0, 0.05) is 24.1 Å². The van der Waals surface area contributed by atoms with E-state index >= 15 is 0 Å². The molecule has 0 saturated heterocycles. The molecule has 0 saturated carbocycles. The molecule has 1 N–H and O–H groups in total. The molecule has 3 aromatic rings. The van der Waals surface area contributed by atoms with Crippen LogP contribution < -0.4 is 10.9 Å². The minimum Gasteiger partial charge on any atom is -0.463 e. The van der Waals surface area contributed by atoms with Gasteiger partial charge in [0.2, 0.25) is 5.91 Å².